The van der Waals surface area contributed by atoms with Gasteiger partial charge in [0.1, 0.15) is 6.61 Å². The van der Waals surface area contributed by atoms with E-state index in [4.69, 9.17) is 4.74 Å². The average molecular weight is 245 g/mol. The van der Waals surface area contributed by atoms with Crippen LogP contribution in [0.4, 0.5) is 0 Å². The Hall–Kier alpha value is -1.10. The molecule has 5 nitrogen and oxygen atoms in total. The Morgan fingerprint density at radius 1 is 1.29 bits per heavy atom. The normalized spacial score (nSPS) is 11.6. The maximum atomic E-state index is 11.4. The van der Waals surface area contributed by atoms with Crippen molar-refractivity contribution in [2.24, 2.45) is 5.41 Å². The van der Waals surface area contributed by atoms with Gasteiger partial charge in [-0.15, -0.1) is 0 Å². The predicted molar refractivity (Wildman–Crippen MR) is 64.7 cm³/mol. The van der Waals surface area contributed by atoms with Crippen molar-refractivity contribution in [3.8, 4) is 0 Å². The van der Waals surface area contributed by atoms with Crippen LogP contribution >= 0.6 is 0 Å². The Labute approximate surface area is 103 Å². The monoisotopic (exact) mass is 245 g/mol. The number of hydrogen-bond acceptors (Lipinski definition) is 3. The van der Waals surface area contributed by atoms with Gasteiger partial charge in [-0.1, -0.05) is 13.8 Å². The maximum absolute atomic E-state index is 11.4. The third kappa shape index (κ3) is 5.17. The van der Waals surface area contributed by atoms with E-state index in [1.54, 1.807) is 0 Å². The molecule has 0 bridgehead atoms. The first-order valence-corrected chi connectivity index (χ1v) is 5.99. The average Bonchev–Trinajstić information content (AvgIpc) is 2.28. The minimum atomic E-state index is -0.868. The Kier molecular flexibility index (Phi) is 6.80. The van der Waals surface area contributed by atoms with Crippen molar-refractivity contribution in [1.29, 1.82) is 0 Å². The molecule has 0 unspecified atom stereocenters. The summed E-state index contributed by atoms with van der Waals surface area (Å²) in [6.07, 6.45) is 0.969. The van der Waals surface area contributed by atoms with Gasteiger partial charge in [0.25, 0.3) is 0 Å². The molecule has 0 aromatic heterocycles. The van der Waals surface area contributed by atoms with Gasteiger partial charge in [0.15, 0.2) is 0 Å². The molecule has 100 valence electrons. The summed E-state index contributed by atoms with van der Waals surface area (Å²) in [5.74, 6) is -1.14. The third-order valence-electron chi connectivity index (χ3n) is 2.98. The van der Waals surface area contributed by atoms with Crippen LogP contribution in [0, 0.1) is 5.41 Å². The lowest BCUT2D eigenvalue weighted by molar-refractivity contribution is -0.149. The SMILES string of the molecule is CCC(CC)(CNC(=O)COC(C)C)C(=O)O. The van der Waals surface area contributed by atoms with Gasteiger partial charge in [0.2, 0.25) is 5.91 Å². The van der Waals surface area contributed by atoms with Crippen LogP contribution in [-0.2, 0) is 14.3 Å². The highest BCUT2D eigenvalue weighted by Crippen LogP contribution is 2.25. The van der Waals surface area contributed by atoms with Crippen molar-refractivity contribution in [3.05, 3.63) is 0 Å². The fraction of sp³-hybridized carbons (Fsp3) is 0.833. The van der Waals surface area contributed by atoms with E-state index in [1.807, 2.05) is 27.7 Å². The van der Waals surface area contributed by atoms with Gasteiger partial charge in [0.05, 0.1) is 11.5 Å². The van der Waals surface area contributed by atoms with Crippen molar-refractivity contribution >= 4 is 11.9 Å². The number of carbonyl (C=O) groups is 2. The number of nitrogens with one attached hydrogen (secondary N) is 1. The fourth-order valence-corrected chi connectivity index (χ4v) is 1.44. The van der Waals surface area contributed by atoms with Crippen molar-refractivity contribution in [1.82, 2.24) is 5.32 Å². The highest BCUT2D eigenvalue weighted by atomic mass is 16.5. The van der Waals surface area contributed by atoms with Crippen molar-refractivity contribution in [2.45, 2.75) is 46.6 Å². The smallest absolute Gasteiger partial charge is 0.311 e. The van der Waals surface area contributed by atoms with E-state index in [-0.39, 0.29) is 25.2 Å². The Morgan fingerprint density at radius 2 is 1.82 bits per heavy atom. The van der Waals surface area contributed by atoms with Gasteiger partial charge in [0, 0.05) is 6.54 Å². The number of amides is 1. The first kappa shape index (κ1) is 15.9. The van der Waals surface area contributed by atoms with Crippen LogP contribution in [0.25, 0.3) is 0 Å². The van der Waals surface area contributed by atoms with Crippen LogP contribution in [0.1, 0.15) is 40.5 Å². The Bertz CT molecular complexity index is 259. The number of aliphatic carboxylic acids is 1. The van der Waals surface area contributed by atoms with E-state index in [0.29, 0.717) is 12.8 Å². The highest BCUT2D eigenvalue weighted by Gasteiger charge is 2.35. The summed E-state index contributed by atoms with van der Waals surface area (Å²) in [4.78, 5) is 22.6. The summed E-state index contributed by atoms with van der Waals surface area (Å²) in [6, 6.07) is 0. The molecule has 5 heteroatoms. The number of carboxylic acids is 1. The minimum Gasteiger partial charge on any atom is -0.481 e. The minimum absolute atomic E-state index is 0.0117. The molecule has 0 aliphatic heterocycles. The predicted octanol–water partition coefficient (Wildman–Crippen LogP) is 1.42. The molecular weight excluding hydrogens is 222 g/mol. The standard InChI is InChI=1S/C12H23NO4/c1-5-12(6-2,11(15)16)8-13-10(14)7-17-9(3)4/h9H,5-8H2,1-4H3,(H,13,14)(H,15,16). The molecule has 0 saturated heterocycles. The number of hydrogen-bond donors (Lipinski definition) is 2. The molecular formula is C12H23NO4. The molecule has 1 amide bonds. The summed E-state index contributed by atoms with van der Waals surface area (Å²) >= 11 is 0. The molecule has 0 aromatic carbocycles. The largest absolute Gasteiger partial charge is 0.481 e. The lowest BCUT2D eigenvalue weighted by Crippen LogP contribution is -2.43. The van der Waals surface area contributed by atoms with Crippen LogP contribution in [0.3, 0.4) is 0 Å². The van der Waals surface area contributed by atoms with Gasteiger partial charge in [-0.3, -0.25) is 9.59 Å². The molecule has 0 heterocycles. The topological polar surface area (TPSA) is 75.6 Å². The molecule has 0 rings (SSSR count). The molecule has 0 saturated carbocycles. The molecule has 0 spiro atoms. The summed E-state index contributed by atoms with van der Waals surface area (Å²) < 4.78 is 5.14. The summed E-state index contributed by atoms with van der Waals surface area (Å²) in [7, 11) is 0. The zero-order valence-corrected chi connectivity index (χ0v) is 11.1. The van der Waals surface area contributed by atoms with Crippen molar-refractivity contribution < 1.29 is 19.4 Å². The van der Waals surface area contributed by atoms with Crippen LogP contribution in [0.15, 0.2) is 0 Å². The zero-order chi connectivity index (χ0) is 13.5. The zero-order valence-electron chi connectivity index (χ0n) is 11.1. The number of ether oxygens (including phenoxy) is 1. The number of carboxylic acid groups (broad SMARTS) is 1. The molecule has 17 heavy (non-hydrogen) atoms. The van der Waals surface area contributed by atoms with E-state index >= 15 is 0 Å². The van der Waals surface area contributed by atoms with E-state index in [0.717, 1.165) is 0 Å². The van der Waals surface area contributed by atoms with E-state index in [2.05, 4.69) is 5.32 Å². The Morgan fingerprint density at radius 3 is 2.18 bits per heavy atom. The van der Waals surface area contributed by atoms with E-state index in [9.17, 15) is 14.7 Å². The molecule has 0 radical (unpaired) electrons. The lowest BCUT2D eigenvalue weighted by atomic mass is 9.82. The fourth-order valence-electron chi connectivity index (χ4n) is 1.44. The summed E-state index contributed by atoms with van der Waals surface area (Å²) in [5.41, 5.74) is -0.868. The summed E-state index contributed by atoms with van der Waals surface area (Å²) in [6.45, 7) is 7.43. The second-order valence-corrected chi connectivity index (χ2v) is 4.43. The van der Waals surface area contributed by atoms with E-state index < -0.39 is 11.4 Å². The molecule has 0 fully saturated rings. The molecule has 0 atom stereocenters. The molecule has 0 aliphatic carbocycles. The van der Waals surface area contributed by atoms with Crippen molar-refractivity contribution in [3.63, 3.8) is 0 Å². The highest BCUT2D eigenvalue weighted by molar-refractivity contribution is 5.79. The van der Waals surface area contributed by atoms with Gasteiger partial charge in [-0.05, 0) is 26.7 Å². The van der Waals surface area contributed by atoms with Gasteiger partial charge in [-0.25, -0.2) is 0 Å². The number of carbonyl (C=O) groups excluding carboxylic acids is 1. The third-order valence-corrected chi connectivity index (χ3v) is 2.98. The summed E-state index contributed by atoms with van der Waals surface area (Å²) in [5, 5.41) is 11.8. The second-order valence-electron chi connectivity index (χ2n) is 4.43. The quantitative estimate of drug-likeness (QED) is 0.678. The lowest BCUT2D eigenvalue weighted by Gasteiger charge is -2.26. The van der Waals surface area contributed by atoms with Crippen molar-refractivity contribution in [2.75, 3.05) is 13.2 Å². The van der Waals surface area contributed by atoms with E-state index in [1.165, 1.54) is 0 Å². The van der Waals surface area contributed by atoms with Gasteiger partial charge in [-0.2, -0.15) is 0 Å². The Balaban J connectivity index is 4.22. The molecule has 2 N–H and O–H groups in total. The van der Waals surface area contributed by atoms with Crippen LogP contribution in [0.5, 0.6) is 0 Å². The maximum Gasteiger partial charge on any atom is 0.311 e. The number of rotatable bonds is 8. The molecule has 0 aliphatic rings. The first-order valence-electron chi connectivity index (χ1n) is 5.99. The first-order chi connectivity index (χ1) is 7.88. The van der Waals surface area contributed by atoms with Gasteiger partial charge < -0.3 is 15.2 Å². The molecule has 0 aromatic rings. The van der Waals surface area contributed by atoms with Crippen LogP contribution in [0.2, 0.25) is 0 Å². The van der Waals surface area contributed by atoms with Gasteiger partial charge >= 0.3 is 5.97 Å². The van der Waals surface area contributed by atoms with Crippen LogP contribution < -0.4 is 5.32 Å². The van der Waals surface area contributed by atoms with Crippen LogP contribution in [-0.4, -0.2) is 36.2 Å². The second kappa shape index (κ2) is 7.27.